The smallest absolute Gasteiger partial charge is 0.256 e. The molecule has 18 heavy (non-hydrogen) atoms. The number of hydrogen-bond donors (Lipinski definition) is 1. The number of carbonyl (C=O) groups is 2. The van der Waals surface area contributed by atoms with E-state index in [1.165, 1.54) is 5.57 Å². The van der Waals surface area contributed by atoms with Crippen LogP contribution in [-0.2, 0) is 14.3 Å². The molecule has 3 aliphatic rings. The second-order valence-corrected chi connectivity index (χ2v) is 5.45. The molecule has 100 valence electrons. The molecule has 0 unspecified atom stereocenters. The zero-order valence-corrected chi connectivity index (χ0v) is 10.2. The Morgan fingerprint density at radius 2 is 2.11 bits per heavy atom. The predicted octanol–water partition coefficient (Wildman–Crippen LogP) is 0.313. The van der Waals surface area contributed by atoms with Crippen molar-refractivity contribution in [1.82, 2.24) is 10.2 Å². The molecule has 2 amide bonds. The highest BCUT2D eigenvalue weighted by Gasteiger charge is 2.62. The van der Waals surface area contributed by atoms with E-state index < -0.39 is 11.7 Å². The summed E-state index contributed by atoms with van der Waals surface area (Å²) in [6, 6.07) is -0.0531. The molecule has 3 heterocycles. The lowest BCUT2D eigenvalue weighted by Gasteiger charge is -2.40. The highest BCUT2D eigenvalue weighted by atomic mass is 16.5. The van der Waals surface area contributed by atoms with E-state index in [-0.39, 0.29) is 31.2 Å². The largest absolute Gasteiger partial charge is 0.356 e. The summed E-state index contributed by atoms with van der Waals surface area (Å²) >= 11 is 0. The summed E-state index contributed by atoms with van der Waals surface area (Å²) in [4.78, 5) is 25.6. The van der Waals surface area contributed by atoms with Gasteiger partial charge in [0, 0.05) is 6.54 Å². The van der Waals surface area contributed by atoms with E-state index in [1.54, 1.807) is 0 Å². The summed E-state index contributed by atoms with van der Waals surface area (Å²) in [5.41, 5.74) is 0.680. The van der Waals surface area contributed by atoms with Crippen molar-refractivity contribution in [3.63, 3.8) is 0 Å². The van der Waals surface area contributed by atoms with Crippen LogP contribution in [0.4, 0.5) is 0 Å². The molecule has 0 bridgehead atoms. The molecule has 2 fully saturated rings. The maximum absolute atomic E-state index is 11.8. The number of likely N-dealkylation sites (N-methyl/N-ethyl adjacent to an activating group) is 1. The topological polar surface area (TPSA) is 58.6 Å². The molecule has 1 N–H and O–H groups in total. The lowest BCUT2D eigenvalue weighted by atomic mass is 9.82. The van der Waals surface area contributed by atoms with Crippen LogP contribution in [0.15, 0.2) is 11.6 Å². The van der Waals surface area contributed by atoms with Crippen molar-refractivity contribution < 1.29 is 14.3 Å². The minimum absolute atomic E-state index is 0. The first-order chi connectivity index (χ1) is 7.92. The zero-order valence-electron chi connectivity index (χ0n) is 10.2. The molecule has 0 radical (unpaired) electrons. The number of hydrogen-bond acceptors (Lipinski definition) is 4. The third-order valence-electron chi connectivity index (χ3n) is 3.95. The van der Waals surface area contributed by atoms with Gasteiger partial charge in [0.15, 0.2) is 6.10 Å². The second-order valence-electron chi connectivity index (χ2n) is 5.45. The van der Waals surface area contributed by atoms with Gasteiger partial charge in [-0.1, -0.05) is 19.1 Å². The first-order valence-corrected chi connectivity index (χ1v) is 5.83. The van der Waals surface area contributed by atoms with Crippen LogP contribution in [0.1, 0.15) is 21.3 Å². The molecule has 0 aromatic rings. The summed E-state index contributed by atoms with van der Waals surface area (Å²) in [7, 11) is 1.97. The Morgan fingerprint density at radius 1 is 1.44 bits per heavy atom. The summed E-state index contributed by atoms with van der Waals surface area (Å²) in [5, 5.41) is 2.35. The number of imide groups is 1. The molecule has 0 saturated carbocycles. The van der Waals surface area contributed by atoms with E-state index in [1.807, 2.05) is 20.9 Å². The van der Waals surface area contributed by atoms with E-state index in [2.05, 4.69) is 16.3 Å². The lowest BCUT2D eigenvalue weighted by Crippen LogP contribution is -2.54. The van der Waals surface area contributed by atoms with Gasteiger partial charge in [-0.15, -0.1) is 0 Å². The average molecular weight is 252 g/mol. The van der Waals surface area contributed by atoms with Crippen LogP contribution in [0.25, 0.3) is 0 Å². The van der Waals surface area contributed by atoms with Crippen molar-refractivity contribution >= 4 is 11.8 Å². The fourth-order valence-electron chi connectivity index (χ4n) is 3.57. The van der Waals surface area contributed by atoms with Crippen molar-refractivity contribution in [1.29, 1.82) is 0 Å². The van der Waals surface area contributed by atoms with Gasteiger partial charge >= 0.3 is 0 Å². The molecule has 3 aliphatic heterocycles. The minimum Gasteiger partial charge on any atom is -0.356 e. The molecule has 5 nitrogen and oxygen atoms in total. The van der Waals surface area contributed by atoms with Gasteiger partial charge in [-0.2, -0.15) is 0 Å². The number of nitrogens with one attached hydrogen (secondary N) is 1. The van der Waals surface area contributed by atoms with E-state index in [0.29, 0.717) is 0 Å². The molecule has 2 saturated heterocycles. The Labute approximate surface area is 107 Å². The maximum atomic E-state index is 11.8. The van der Waals surface area contributed by atoms with Gasteiger partial charge in [-0.05, 0) is 20.9 Å². The van der Waals surface area contributed by atoms with Gasteiger partial charge in [0.05, 0.1) is 12.0 Å². The van der Waals surface area contributed by atoms with Crippen molar-refractivity contribution in [3.8, 4) is 0 Å². The summed E-state index contributed by atoms with van der Waals surface area (Å²) in [6.45, 7) is 4.81. The van der Waals surface area contributed by atoms with Gasteiger partial charge in [0.25, 0.3) is 5.91 Å². The van der Waals surface area contributed by atoms with Crippen LogP contribution < -0.4 is 5.32 Å². The van der Waals surface area contributed by atoms with Crippen molar-refractivity contribution in [2.45, 2.75) is 39.0 Å². The van der Waals surface area contributed by atoms with Crippen LogP contribution >= 0.6 is 0 Å². The van der Waals surface area contributed by atoms with Gasteiger partial charge in [0.2, 0.25) is 5.91 Å². The molecule has 0 aromatic heterocycles. The SMILES string of the molecule is C.CC1=C[C@]2(C)O[C@@H]3C(=O)NC(=O)[C@@H]3[C@@H]2N(C)C1. The Hall–Kier alpha value is -1.20. The standard InChI is InChI=1S/C12H16N2O3.CH4/c1-6-4-12(2)9(14(3)5-6)7-8(17-12)11(16)13-10(7)15;/h4,7-9H,5H2,1-3H3,(H,13,15,16);1H4/t7-,8-,9-,12-;/m0./s1. The molecule has 0 aromatic carbocycles. The Morgan fingerprint density at radius 3 is 2.78 bits per heavy atom. The summed E-state index contributed by atoms with van der Waals surface area (Å²) in [5.74, 6) is -0.870. The normalized spacial score (nSPS) is 42.8. The number of fused-ring (bicyclic) bond motifs is 3. The highest BCUT2D eigenvalue weighted by Crippen LogP contribution is 2.44. The Balaban J connectivity index is 0.00000120. The number of ether oxygens (including phenoxy) is 1. The zero-order chi connectivity index (χ0) is 12.4. The van der Waals surface area contributed by atoms with Crippen LogP contribution in [0.5, 0.6) is 0 Å². The van der Waals surface area contributed by atoms with E-state index >= 15 is 0 Å². The molecule has 3 rings (SSSR count). The van der Waals surface area contributed by atoms with Crippen molar-refractivity contribution in [2.75, 3.05) is 13.6 Å². The van der Waals surface area contributed by atoms with Crippen LogP contribution in [-0.4, -0.2) is 48.1 Å². The molecule has 0 aliphatic carbocycles. The molecule has 4 atom stereocenters. The molecule has 5 heteroatoms. The second kappa shape index (κ2) is 3.90. The third-order valence-corrected chi connectivity index (χ3v) is 3.95. The number of carbonyl (C=O) groups excluding carboxylic acids is 2. The molecular formula is C13H20N2O3. The van der Waals surface area contributed by atoms with E-state index in [0.717, 1.165) is 6.54 Å². The number of rotatable bonds is 0. The lowest BCUT2D eigenvalue weighted by molar-refractivity contribution is -0.133. The van der Waals surface area contributed by atoms with Crippen molar-refractivity contribution in [2.24, 2.45) is 5.92 Å². The fraction of sp³-hybridized carbons (Fsp3) is 0.692. The average Bonchev–Trinajstić information content (AvgIpc) is 2.62. The Kier molecular flexibility index (Phi) is 2.87. The maximum Gasteiger partial charge on any atom is 0.256 e. The third kappa shape index (κ3) is 1.54. The van der Waals surface area contributed by atoms with Gasteiger partial charge in [-0.3, -0.25) is 19.8 Å². The predicted molar refractivity (Wildman–Crippen MR) is 66.8 cm³/mol. The highest BCUT2D eigenvalue weighted by molar-refractivity contribution is 6.07. The molecule has 0 spiro atoms. The Bertz CT molecular complexity index is 446. The van der Waals surface area contributed by atoms with Gasteiger partial charge in [-0.25, -0.2) is 0 Å². The van der Waals surface area contributed by atoms with Crippen LogP contribution in [0, 0.1) is 5.92 Å². The first-order valence-electron chi connectivity index (χ1n) is 5.83. The first kappa shape index (κ1) is 13.2. The molecular weight excluding hydrogens is 232 g/mol. The van der Waals surface area contributed by atoms with Gasteiger partial charge < -0.3 is 4.74 Å². The summed E-state index contributed by atoms with van der Waals surface area (Å²) in [6.07, 6.45) is 1.43. The van der Waals surface area contributed by atoms with Crippen molar-refractivity contribution in [3.05, 3.63) is 11.6 Å². The van der Waals surface area contributed by atoms with Gasteiger partial charge in [0.1, 0.15) is 5.60 Å². The monoisotopic (exact) mass is 252 g/mol. The summed E-state index contributed by atoms with van der Waals surface area (Å²) < 4.78 is 5.85. The van der Waals surface area contributed by atoms with E-state index in [9.17, 15) is 9.59 Å². The van der Waals surface area contributed by atoms with Crippen LogP contribution in [0.2, 0.25) is 0 Å². The number of amides is 2. The number of nitrogens with zero attached hydrogens (tertiary/aromatic N) is 1. The quantitative estimate of drug-likeness (QED) is 0.498. The van der Waals surface area contributed by atoms with E-state index in [4.69, 9.17) is 4.74 Å². The minimum atomic E-state index is -0.623. The fourth-order valence-corrected chi connectivity index (χ4v) is 3.57. The van der Waals surface area contributed by atoms with Crippen LogP contribution in [0.3, 0.4) is 0 Å².